The summed E-state index contributed by atoms with van der Waals surface area (Å²) < 4.78 is 10.3. The summed E-state index contributed by atoms with van der Waals surface area (Å²) >= 11 is 5.84. The second kappa shape index (κ2) is 5.26. The predicted octanol–water partition coefficient (Wildman–Crippen LogP) is 1.85. The molecule has 18 heavy (non-hydrogen) atoms. The normalized spacial score (nSPS) is 26.7. The Morgan fingerprint density at radius 1 is 1.44 bits per heavy atom. The van der Waals surface area contributed by atoms with Gasteiger partial charge in [0.05, 0.1) is 11.5 Å². The molecule has 0 atom stereocenters. The molecule has 1 aromatic rings. The number of hydrogen-bond acceptors (Lipinski definition) is 3. The van der Waals surface area contributed by atoms with Crippen molar-refractivity contribution in [3.05, 3.63) is 34.9 Å². The number of hydrogen-bond donors (Lipinski definition) is 1. The van der Waals surface area contributed by atoms with Crippen molar-refractivity contribution in [2.75, 3.05) is 13.9 Å². The lowest BCUT2D eigenvalue weighted by atomic mass is 9.62. The number of ether oxygens (including phenoxy) is 2. The molecule has 0 radical (unpaired) electrons. The van der Waals surface area contributed by atoms with Crippen LogP contribution in [0.2, 0.25) is 5.02 Å². The van der Waals surface area contributed by atoms with E-state index < -0.39 is 5.41 Å². The molecule has 0 saturated heterocycles. The monoisotopic (exact) mass is 269 g/mol. The Morgan fingerprint density at radius 3 is 2.56 bits per heavy atom. The Labute approximate surface area is 111 Å². The van der Waals surface area contributed by atoms with E-state index in [9.17, 15) is 4.79 Å². The van der Waals surface area contributed by atoms with E-state index in [4.69, 9.17) is 26.8 Å². The molecule has 5 heteroatoms. The van der Waals surface area contributed by atoms with Crippen LogP contribution in [0.1, 0.15) is 18.4 Å². The lowest BCUT2D eigenvalue weighted by Crippen LogP contribution is -2.54. The van der Waals surface area contributed by atoms with E-state index in [-0.39, 0.29) is 18.8 Å². The standard InChI is InChI=1S/C13H16ClNO3/c1-17-8-18-11-6-13(7-11,12(15)16)9-2-4-10(14)5-3-9/h2-5,11H,6-8H2,1H3,(H2,15,16). The zero-order chi connectivity index (χ0) is 13.2. The fourth-order valence-electron chi connectivity index (χ4n) is 2.35. The van der Waals surface area contributed by atoms with E-state index in [0.717, 1.165) is 5.56 Å². The van der Waals surface area contributed by atoms with Crippen LogP contribution in [0.5, 0.6) is 0 Å². The average molecular weight is 270 g/mol. The zero-order valence-electron chi connectivity index (χ0n) is 10.2. The summed E-state index contributed by atoms with van der Waals surface area (Å²) in [5, 5.41) is 0.643. The van der Waals surface area contributed by atoms with Crippen LogP contribution in [0.25, 0.3) is 0 Å². The van der Waals surface area contributed by atoms with Gasteiger partial charge in [-0.25, -0.2) is 0 Å². The number of carbonyl (C=O) groups is 1. The Morgan fingerprint density at radius 2 is 2.06 bits per heavy atom. The third-order valence-corrected chi connectivity index (χ3v) is 3.69. The maximum absolute atomic E-state index is 11.7. The zero-order valence-corrected chi connectivity index (χ0v) is 10.9. The fraction of sp³-hybridized carbons (Fsp3) is 0.462. The molecule has 0 aromatic heterocycles. The minimum Gasteiger partial charge on any atom is -0.369 e. The molecule has 2 rings (SSSR count). The largest absolute Gasteiger partial charge is 0.369 e. The number of amides is 1. The summed E-state index contributed by atoms with van der Waals surface area (Å²) in [6, 6.07) is 7.23. The van der Waals surface area contributed by atoms with E-state index in [1.807, 2.05) is 12.1 Å². The van der Waals surface area contributed by atoms with Crippen molar-refractivity contribution in [3.63, 3.8) is 0 Å². The van der Waals surface area contributed by atoms with Crippen LogP contribution in [-0.2, 0) is 19.7 Å². The molecule has 1 aromatic carbocycles. The summed E-state index contributed by atoms with van der Waals surface area (Å²) in [6.45, 7) is 0.236. The van der Waals surface area contributed by atoms with Gasteiger partial charge in [0.25, 0.3) is 0 Å². The molecule has 0 spiro atoms. The van der Waals surface area contributed by atoms with Crippen LogP contribution in [-0.4, -0.2) is 25.9 Å². The fourth-order valence-corrected chi connectivity index (χ4v) is 2.47. The predicted molar refractivity (Wildman–Crippen MR) is 68.3 cm³/mol. The molecule has 1 fully saturated rings. The quantitative estimate of drug-likeness (QED) is 0.830. The minimum atomic E-state index is -0.622. The molecule has 1 aliphatic rings. The van der Waals surface area contributed by atoms with Gasteiger partial charge in [-0.3, -0.25) is 4.79 Å². The van der Waals surface area contributed by atoms with Crippen LogP contribution in [0.3, 0.4) is 0 Å². The highest BCUT2D eigenvalue weighted by molar-refractivity contribution is 6.30. The Balaban J connectivity index is 2.11. The van der Waals surface area contributed by atoms with E-state index >= 15 is 0 Å². The summed E-state index contributed by atoms with van der Waals surface area (Å²) in [6.07, 6.45) is 1.20. The van der Waals surface area contributed by atoms with Crippen LogP contribution >= 0.6 is 11.6 Å². The van der Waals surface area contributed by atoms with Crippen LogP contribution in [0, 0.1) is 0 Å². The molecule has 1 amide bonds. The van der Waals surface area contributed by atoms with Gasteiger partial charge in [0.2, 0.25) is 5.91 Å². The molecule has 0 bridgehead atoms. The maximum atomic E-state index is 11.7. The first-order valence-electron chi connectivity index (χ1n) is 5.75. The van der Waals surface area contributed by atoms with Gasteiger partial charge in [-0.2, -0.15) is 0 Å². The topological polar surface area (TPSA) is 61.6 Å². The van der Waals surface area contributed by atoms with Gasteiger partial charge in [-0.05, 0) is 30.5 Å². The number of rotatable bonds is 5. The number of primary amides is 1. The van der Waals surface area contributed by atoms with Gasteiger partial charge in [0.1, 0.15) is 6.79 Å². The molecule has 0 unspecified atom stereocenters. The highest BCUT2D eigenvalue weighted by Crippen LogP contribution is 2.45. The second-order valence-electron chi connectivity index (χ2n) is 4.56. The molecule has 0 heterocycles. The number of halogens is 1. The lowest BCUT2D eigenvalue weighted by Gasteiger charge is -2.45. The van der Waals surface area contributed by atoms with Gasteiger partial charge in [-0.15, -0.1) is 0 Å². The van der Waals surface area contributed by atoms with Gasteiger partial charge < -0.3 is 15.2 Å². The van der Waals surface area contributed by atoms with Crippen LogP contribution < -0.4 is 5.73 Å². The highest BCUT2D eigenvalue weighted by atomic mass is 35.5. The molecular weight excluding hydrogens is 254 g/mol. The van der Waals surface area contributed by atoms with Crippen LogP contribution in [0.15, 0.2) is 24.3 Å². The number of carbonyl (C=O) groups excluding carboxylic acids is 1. The molecule has 2 N–H and O–H groups in total. The van der Waals surface area contributed by atoms with E-state index in [2.05, 4.69) is 0 Å². The van der Waals surface area contributed by atoms with Gasteiger partial charge in [0.15, 0.2) is 0 Å². The Bertz CT molecular complexity index is 426. The van der Waals surface area contributed by atoms with E-state index in [0.29, 0.717) is 17.9 Å². The smallest absolute Gasteiger partial charge is 0.228 e. The van der Waals surface area contributed by atoms with Gasteiger partial charge >= 0.3 is 0 Å². The molecule has 0 aliphatic heterocycles. The summed E-state index contributed by atoms with van der Waals surface area (Å²) in [5.74, 6) is -0.318. The number of nitrogens with two attached hydrogens (primary N) is 1. The van der Waals surface area contributed by atoms with Crippen molar-refractivity contribution < 1.29 is 14.3 Å². The second-order valence-corrected chi connectivity index (χ2v) is 4.99. The SMILES string of the molecule is COCOC1CC(C(N)=O)(c2ccc(Cl)cc2)C1. The Kier molecular flexibility index (Phi) is 3.90. The third-order valence-electron chi connectivity index (χ3n) is 3.44. The average Bonchev–Trinajstić information content (AvgIpc) is 2.29. The maximum Gasteiger partial charge on any atom is 0.228 e. The van der Waals surface area contributed by atoms with Crippen molar-refractivity contribution in [1.29, 1.82) is 0 Å². The van der Waals surface area contributed by atoms with Gasteiger partial charge in [-0.1, -0.05) is 23.7 Å². The van der Waals surface area contributed by atoms with Crippen molar-refractivity contribution in [2.24, 2.45) is 5.73 Å². The minimum absolute atomic E-state index is 0.0214. The first kappa shape index (κ1) is 13.3. The van der Waals surface area contributed by atoms with Crippen molar-refractivity contribution in [2.45, 2.75) is 24.4 Å². The first-order valence-corrected chi connectivity index (χ1v) is 6.13. The third kappa shape index (κ3) is 2.36. The van der Waals surface area contributed by atoms with Crippen molar-refractivity contribution in [3.8, 4) is 0 Å². The number of benzene rings is 1. The summed E-state index contributed by atoms with van der Waals surface area (Å²) in [5.41, 5.74) is 5.81. The summed E-state index contributed by atoms with van der Waals surface area (Å²) in [4.78, 5) is 11.7. The van der Waals surface area contributed by atoms with Crippen LogP contribution in [0.4, 0.5) is 0 Å². The molecular formula is C13H16ClNO3. The molecule has 4 nitrogen and oxygen atoms in total. The van der Waals surface area contributed by atoms with Gasteiger partial charge in [0, 0.05) is 12.1 Å². The van der Waals surface area contributed by atoms with E-state index in [1.54, 1.807) is 19.2 Å². The van der Waals surface area contributed by atoms with Crippen molar-refractivity contribution in [1.82, 2.24) is 0 Å². The molecule has 1 aliphatic carbocycles. The summed E-state index contributed by atoms with van der Waals surface area (Å²) in [7, 11) is 1.57. The molecule has 98 valence electrons. The number of methoxy groups -OCH3 is 1. The highest BCUT2D eigenvalue weighted by Gasteiger charge is 2.50. The lowest BCUT2D eigenvalue weighted by molar-refractivity contribution is -0.147. The first-order chi connectivity index (χ1) is 8.58. The van der Waals surface area contributed by atoms with E-state index in [1.165, 1.54) is 0 Å². The molecule has 1 saturated carbocycles. The van der Waals surface area contributed by atoms with Crippen molar-refractivity contribution >= 4 is 17.5 Å². The Hall–Kier alpha value is -1.10.